The molecule has 1 aliphatic heterocycles. The van der Waals surface area contributed by atoms with E-state index in [9.17, 15) is 0 Å². The molecule has 2 rings (SSSR count). The number of piperazine rings is 1. The molecule has 0 amide bonds. The van der Waals surface area contributed by atoms with Crippen LogP contribution >= 0.6 is 0 Å². The number of nitrogens with two attached hydrogens (primary N) is 1. The van der Waals surface area contributed by atoms with Gasteiger partial charge in [0.15, 0.2) is 0 Å². The maximum atomic E-state index is 6.04. The molecule has 2 fully saturated rings. The summed E-state index contributed by atoms with van der Waals surface area (Å²) in [6, 6.07) is 0. The van der Waals surface area contributed by atoms with Crippen LogP contribution in [-0.4, -0.2) is 54.6 Å². The van der Waals surface area contributed by atoms with Gasteiger partial charge in [-0.2, -0.15) is 0 Å². The summed E-state index contributed by atoms with van der Waals surface area (Å²) in [6.45, 7) is 9.36. The maximum Gasteiger partial charge on any atom is 0.0332 e. The van der Waals surface area contributed by atoms with Crippen molar-refractivity contribution in [1.29, 1.82) is 0 Å². The Morgan fingerprint density at radius 3 is 2.19 bits per heavy atom. The molecule has 1 saturated heterocycles. The van der Waals surface area contributed by atoms with Gasteiger partial charge in [0.1, 0.15) is 0 Å². The summed E-state index contributed by atoms with van der Waals surface area (Å²) in [5.74, 6) is 0. The van der Waals surface area contributed by atoms with Crippen LogP contribution in [0, 0.1) is 0 Å². The standard InChI is InChI=1S/C13H27N3/c1-2-7-15-8-10-16(11-9-15)13(12-14)5-3-4-6-13/h2-12,14H2,1H3. The van der Waals surface area contributed by atoms with E-state index in [1.54, 1.807) is 0 Å². The van der Waals surface area contributed by atoms with E-state index in [0.717, 1.165) is 6.54 Å². The van der Waals surface area contributed by atoms with Gasteiger partial charge in [-0.25, -0.2) is 0 Å². The summed E-state index contributed by atoms with van der Waals surface area (Å²) in [7, 11) is 0. The normalized spacial score (nSPS) is 27.4. The van der Waals surface area contributed by atoms with E-state index in [1.165, 1.54) is 64.8 Å². The third kappa shape index (κ3) is 2.41. The fourth-order valence-electron chi connectivity index (χ4n) is 3.44. The van der Waals surface area contributed by atoms with E-state index in [4.69, 9.17) is 5.73 Å². The van der Waals surface area contributed by atoms with Crippen molar-refractivity contribution in [2.45, 2.75) is 44.6 Å². The van der Waals surface area contributed by atoms with Crippen LogP contribution < -0.4 is 5.73 Å². The zero-order valence-corrected chi connectivity index (χ0v) is 10.7. The molecule has 1 heterocycles. The Hall–Kier alpha value is -0.120. The molecule has 0 aromatic rings. The van der Waals surface area contributed by atoms with Crippen molar-refractivity contribution in [3.8, 4) is 0 Å². The van der Waals surface area contributed by atoms with Crippen LogP contribution in [0.2, 0.25) is 0 Å². The molecular formula is C13H27N3. The molecule has 0 bridgehead atoms. The summed E-state index contributed by atoms with van der Waals surface area (Å²) in [5.41, 5.74) is 6.41. The molecule has 2 aliphatic rings. The fraction of sp³-hybridized carbons (Fsp3) is 1.00. The highest BCUT2D eigenvalue weighted by molar-refractivity contribution is 4.97. The molecule has 0 unspecified atom stereocenters. The molecule has 1 saturated carbocycles. The molecule has 1 aliphatic carbocycles. The molecule has 0 aromatic heterocycles. The lowest BCUT2D eigenvalue weighted by atomic mass is 9.94. The van der Waals surface area contributed by atoms with Crippen LogP contribution in [0.4, 0.5) is 0 Å². The maximum absolute atomic E-state index is 6.04. The minimum absolute atomic E-state index is 0.373. The van der Waals surface area contributed by atoms with Gasteiger partial charge in [-0.15, -0.1) is 0 Å². The topological polar surface area (TPSA) is 32.5 Å². The van der Waals surface area contributed by atoms with Crippen LogP contribution in [0.15, 0.2) is 0 Å². The number of nitrogens with zero attached hydrogens (tertiary/aromatic N) is 2. The Kier molecular flexibility index (Phi) is 4.22. The highest BCUT2D eigenvalue weighted by atomic mass is 15.3. The van der Waals surface area contributed by atoms with Crippen molar-refractivity contribution in [1.82, 2.24) is 9.80 Å². The first-order valence-electron chi connectivity index (χ1n) is 6.98. The first-order chi connectivity index (χ1) is 7.80. The van der Waals surface area contributed by atoms with Gasteiger partial charge in [-0.05, 0) is 25.8 Å². The second kappa shape index (κ2) is 5.48. The predicted molar refractivity (Wildman–Crippen MR) is 68.6 cm³/mol. The minimum atomic E-state index is 0.373. The SMILES string of the molecule is CCCN1CCN(C2(CN)CCCC2)CC1. The first kappa shape index (κ1) is 12.3. The molecule has 2 N–H and O–H groups in total. The van der Waals surface area contributed by atoms with Crippen LogP contribution in [0.1, 0.15) is 39.0 Å². The Bertz CT molecular complexity index is 203. The van der Waals surface area contributed by atoms with E-state index in [-0.39, 0.29) is 0 Å². The summed E-state index contributed by atoms with van der Waals surface area (Å²) in [6.07, 6.45) is 6.70. The Balaban J connectivity index is 1.87. The summed E-state index contributed by atoms with van der Waals surface area (Å²) in [5, 5.41) is 0. The second-order valence-electron chi connectivity index (χ2n) is 5.46. The lowest BCUT2D eigenvalue weighted by Gasteiger charge is -2.45. The number of rotatable bonds is 4. The first-order valence-corrected chi connectivity index (χ1v) is 6.98. The predicted octanol–water partition coefficient (Wildman–Crippen LogP) is 1.29. The van der Waals surface area contributed by atoms with Crippen molar-refractivity contribution in [2.75, 3.05) is 39.3 Å². The molecule has 94 valence electrons. The molecule has 3 nitrogen and oxygen atoms in total. The largest absolute Gasteiger partial charge is 0.329 e. The fourth-order valence-corrected chi connectivity index (χ4v) is 3.44. The third-order valence-corrected chi connectivity index (χ3v) is 4.50. The second-order valence-corrected chi connectivity index (χ2v) is 5.46. The lowest BCUT2D eigenvalue weighted by molar-refractivity contribution is 0.0397. The average Bonchev–Trinajstić information content (AvgIpc) is 2.80. The minimum Gasteiger partial charge on any atom is -0.329 e. The Morgan fingerprint density at radius 2 is 1.69 bits per heavy atom. The van der Waals surface area contributed by atoms with Gasteiger partial charge in [-0.3, -0.25) is 4.90 Å². The van der Waals surface area contributed by atoms with Crippen molar-refractivity contribution < 1.29 is 0 Å². The zero-order valence-electron chi connectivity index (χ0n) is 10.7. The van der Waals surface area contributed by atoms with Crippen molar-refractivity contribution in [3.63, 3.8) is 0 Å². The molecular weight excluding hydrogens is 198 g/mol. The van der Waals surface area contributed by atoms with Gasteiger partial charge in [0.25, 0.3) is 0 Å². The van der Waals surface area contributed by atoms with Crippen molar-refractivity contribution in [2.24, 2.45) is 5.73 Å². The van der Waals surface area contributed by atoms with Crippen molar-refractivity contribution >= 4 is 0 Å². The van der Waals surface area contributed by atoms with Gasteiger partial charge in [0.05, 0.1) is 0 Å². The average molecular weight is 225 g/mol. The van der Waals surface area contributed by atoms with Gasteiger partial charge >= 0.3 is 0 Å². The summed E-state index contributed by atoms with van der Waals surface area (Å²) >= 11 is 0. The monoisotopic (exact) mass is 225 g/mol. The highest BCUT2D eigenvalue weighted by Crippen LogP contribution is 2.34. The lowest BCUT2D eigenvalue weighted by Crippen LogP contribution is -2.59. The van der Waals surface area contributed by atoms with Crippen LogP contribution in [0.3, 0.4) is 0 Å². The number of hydrogen-bond donors (Lipinski definition) is 1. The van der Waals surface area contributed by atoms with E-state index >= 15 is 0 Å². The van der Waals surface area contributed by atoms with Crippen LogP contribution in [0.5, 0.6) is 0 Å². The molecule has 16 heavy (non-hydrogen) atoms. The van der Waals surface area contributed by atoms with E-state index < -0.39 is 0 Å². The summed E-state index contributed by atoms with van der Waals surface area (Å²) in [4.78, 5) is 5.28. The molecule has 0 spiro atoms. The Morgan fingerprint density at radius 1 is 1.06 bits per heavy atom. The smallest absolute Gasteiger partial charge is 0.0332 e. The summed E-state index contributed by atoms with van der Waals surface area (Å²) < 4.78 is 0. The van der Waals surface area contributed by atoms with Gasteiger partial charge in [-0.1, -0.05) is 19.8 Å². The highest BCUT2D eigenvalue weighted by Gasteiger charge is 2.39. The third-order valence-electron chi connectivity index (χ3n) is 4.50. The van der Waals surface area contributed by atoms with Gasteiger partial charge < -0.3 is 10.6 Å². The van der Waals surface area contributed by atoms with Crippen LogP contribution in [0.25, 0.3) is 0 Å². The zero-order chi connectivity index (χ0) is 11.4. The van der Waals surface area contributed by atoms with Crippen LogP contribution in [-0.2, 0) is 0 Å². The van der Waals surface area contributed by atoms with Gasteiger partial charge in [0.2, 0.25) is 0 Å². The van der Waals surface area contributed by atoms with Gasteiger partial charge in [0, 0.05) is 38.3 Å². The Labute approximate surface area is 100.0 Å². The van der Waals surface area contributed by atoms with E-state index in [0.29, 0.717) is 5.54 Å². The van der Waals surface area contributed by atoms with E-state index in [1.807, 2.05) is 0 Å². The molecule has 0 atom stereocenters. The molecule has 3 heteroatoms. The molecule has 0 aromatic carbocycles. The quantitative estimate of drug-likeness (QED) is 0.782. The van der Waals surface area contributed by atoms with E-state index in [2.05, 4.69) is 16.7 Å². The number of hydrogen-bond acceptors (Lipinski definition) is 3. The molecule has 0 radical (unpaired) electrons. The van der Waals surface area contributed by atoms with Crippen molar-refractivity contribution in [3.05, 3.63) is 0 Å².